The van der Waals surface area contributed by atoms with Gasteiger partial charge in [-0.25, -0.2) is 17.2 Å². The number of hydrogen-bond donors (Lipinski definition) is 1. The number of hydrogen-bond acceptors (Lipinski definition) is 5. The topological polar surface area (TPSA) is 88.8 Å². The molecule has 4 rings (SSSR count). The van der Waals surface area contributed by atoms with Gasteiger partial charge in [-0.05, 0) is 30.3 Å². The lowest BCUT2D eigenvalue weighted by atomic mass is 10.2. The Morgan fingerprint density at radius 3 is 2.48 bits per heavy atom. The normalized spacial score (nSPS) is 14.9. The number of halogens is 2. The van der Waals surface area contributed by atoms with E-state index in [1.807, 2.05) is 0 Å². The van der Waals surface area contributed by atoms with Gasteiger partial charge in [0.05, 0.1) is 18.1 Å². The molecule has 0 aliphatic carbocycles. The quantitative estimate of drug-likeness (QED) is 0.698. The van der Waals surface area contributed by atoms with Crippen LogP contribution in [0.5, 0.6) is 0 Å². The van der Waals surface area contributed by atoms with Gasteiger partial charge in [0.1, 0.15) is 11.3 Å². The Morgan fingerprint density at radius 1 is 1.03 bits per heavy atom. The van der Waals surface area contributed by atoms with Crippen LogP contribution in [0.4, 0.5) is 14.5 Å². The number of carbonyl (C=O) groups excluding carboxylic acids is 1. The van der Waals surface area contributed by atoms with Crippen LogP contribution < -0.4 is 4.72 Å². The predicted molar refractivity (Wildman–Crippen MR) is 100 cm³/mol. The number of sulfonamides is 1. The Bertz CT molecular complexity index is 1190. The lowest BCUT2D eigenvalue weighted by molar-refractivity contribution is 0.0285. The molecule has 0 saturated carbocycles. The van der Waals surface area contributed by atoms with Gasteiger partial charge in [-0.3, -0.25) is 9.52 Å². The van der Waals surface area contributed by atoms with E-state index in [1.165, 1.54) is 4.90 Å². The van der Waals surface area contributed by atoms with E-state index in [9.17, 15) is 22.0 Å². The van der Waals surface area contributed by atoms with Crippen molar-refractivity contribution in [3.05, 3.63) is 59.9 Å². The van der Waals surface area contributed by atoms with E-state index >= 15 is 0 Å². The number of morpholine rings is 1. The van der Waals surface area contributed by atoms with Crippen LogP contribution in [0.25, 0.3) is 11.0 Å². The average Bonchev–Trinajstić information content (AvgIpc) is 3.08. The van der Waals surface area contributed by atoms with Crippen LogP contribution in [0, 0.1) is 11.6 Å². The molecule has 0 unspecified atom stereocenters. The van der Waals surface area contributed by atoms with Crippen molar-refractivity contribution >= 4 is 32.6 Å². The van der Waals surface area contributed by atoms with E-state index in [1.54, 1.807) is 24.3 Å². The minimum Gasteiger partial charge on any atom is -0.449 e. The highest BCUT2D eigenvalue weighted by atomic mass is 32.2. The van der Waals surface area contributed by atoms with Crippen molar-refractivity contribution in [2.45, 2.75) is 4.90 Å². The first-order valence-electron chi connectivity index (χ1n) is 8.73. The van der Waals surface area contributed by atoms with E-state index in [-0.39, 0.29) is 11.4 Å². The number of ether oxygens (including phenoxy) is 1. The summed E-state index contributed by atoms with van der Waals surface area (Å²) in [5.41, 5.74) is 0.258. The standard InChI is InChI=1S/C19H16F2N2O5S/c20-14-6-5-12(11-15(14)21)29(25,26)22-17-13-3-1-2-4-16(13)28-18(17)19(24)23-7-9-27-10-8-23/h1-6,11,22H,7-10H2. The SMILES string of the molecule is O=C(c1oc2ccccc2c1NS(=O)(=O)c1ccc(F)c(F)c1)N1CCOCC1. The van der Waals surface area contributed by atoms with Crippen LogP contribution in [-0.4, -0.2) is 45.5 Å². The molecule has 152 valence electrons. The molecule has 7 nitrogen and oxygen atoms in total. The molecule has 2 heterocycles. The molecule has 29 heavy (non-hydrogen) atoms. The number of anilines is 1. The third kappa shape index (κ3) is 3.68. The molecule has 0 atom stereocenters. The van der Waals surface area contributed by atoms with E-state index in [0.29, 0.717) is 43.3 Å². The number of furan rings is 1. The van der Waals surface area contributed by atoms with E-state index in [0.717, 1.165) is 12.1 Å². The van der Waals surface area contributed by atoms with Crippen molar-refractivity contribution < 1.29 is 31.1 Å². The molecule has 1 saturated heterocycles. The molecule has 0 bridgehead atoms. The van der Waals surface area contributed by atoms with E-state index in [2.05, 4.69) is 4.72 Å². The van der Waals surface area contributed by atoms with Crippen LogP contribution in [-0.2, 0) is 14.8 Å². The maximum absolute atomic E-state index is 13.5. The molecular weight excluding hydrogens is 406 g/mol. The maximum Gasteiger partial charge on any atom is 0.291 e. The first-order chi connectivity index (χ1) is 13.9. The van der Waals surface area contributed by atoms with E-state index in [4.69, 9.17) is 9.15 Å². The Balaban J connectivity index is 1.77. The van der Waals surface area contributed by atoms with Crippen molar-refractivity contribution in [2.24, 2.45) is 0 Å². The molecule has 1 N–H and O–H groups in total. The van der Waals surface area contributed by atoms with Gasteiger partial charge >= 0.3 is 0 Å². The molecule has 1 aliphatic rings. The minimum absolute atomic E-state index is 0.0539. The number of para-hydroxylation sites is 1. The Hall–Kier alpha value is -2.98. The number of amides is 1. The molecule has 1 aromatic heterocycles. The molecule has 2 aromatic carbocycles. The first-order valence-corrected chi connectivity index (χ1v) is 10.2. The van der Waals surface area contributed by atoms with Gasteiger partial charge in [-0.15, -0.1) is 0 Å². The summed E-state index contributed by atoms with van der Waals surface area (Å²) in [7, 11) is -4.31. The van der Waals surface area contributed by atoms with Crippen molar-refractivity contribution in [1.82, 2.24) is 4.90 Å². The van der Waals surface area contributed by atoms with E-state index < -0.39 is 32.5 Å². The number of nitrogens with zero attached hydrogens (tertiary/aromatic N) is 1. The maximum atomic E-state index is 13.5. The largest absolute Gasteiger partial charge is 0.449 e. The van der Waals surface area contributed by atoms with Crippen LogP contribution in [0.15, 0.2) is 51.8 Å². The number of carbonyl (C=O) groups is 1. The third-order valence-corrected chi connectivity index (χ3v) is 5.87. The van der Waals surface area contributed by atoms with Gasteiger partial charge in [0.2, 0.25) is 5.76 Å². The summed E-state index contributed by atoms with van der Waals surface area (Å²) in [5, 5.41) is 0.371. The number of fused-ring (bicyclic) bond motifs is 1. The fraction of sp³-hybridized carbons (Fsp3) is 0.211. The van der Waals surface area contributed by atoms with Gasteiger partial charge in [0.25, 0.3) is 15.9 Å². The highest BCUT2D eigenvalue weighted by molar-refractivity contribution is 7.92. The summed E-state index contributed by atoms with van der Waals surface area (Å²) in [6.07, 6.45) is 0. The summed E-state index contributed by atoms with van der Waals surface area (Å²) in [6.45, 7) is 1.40. The van der Waals surface area contributed by atoms with Crippen LogP contribution in [0.2, 0.25) is 0 Å². The zero-order chi connectivity index (χ0) is 20.6. The highest BCUT2D eigenvalue weighted by Crippen LogP contribution is 2.33. The van der Waals surface area contributed by atoms with Gasteiger partial charge in [-0.2, -0.15) is 0 Å². The highest BCUT2D eigenvalue weighted by Gasteiger charge is 2.29. The molecule has 0 radical (unpaired) electrons. The van der Waals surface area contributed by atoms with Crippen LogP contribution >= 0.6 is 0 Å². The summed E-state index contributed by atoms with van der Waals surface area (Å²) in [6, 6.07) is 8.77. The van der Waals surface area contributed by atoms with Gasteiger partial charge < -0.3 is 14.1 Å². The van der Waals surface area contributed by atoms with Crippen LogP contribution in [0.3, 0.4) is 0 Å². The van der Waals surface area contributed by atoms with Gasteiger partial charge in [0.15, 0.2) is 11.6 Å². The third-order valence-electron chi connectivity index (χ3n) is 4.53. The van der Waals surface area contributed by atoms with Crippen molar-refractivity contribution in [3.63, 3.8) is 0 Å². The lowest BCUT2D eigenvalue weighted by Crippen LogP contribution is -2.40. The van der Waals surface area contributed by atoms with Crippen molar-refractivity contribution in [3.8, 4) is 0 Å². The molecule has 3 aromatic rings. The van der Waals surface area contributed by atoms with Crippen LogP contribution in [0.1, 0.15) is 10.6 Å². The summed E-state index contributed by atoms with van der Waals surface area (Å²) >= 11 is 0. The van der Waals surface area contributed by atoms with Gasteiger partial charge in [-0.1, -0.05) is 12.1 Å². The minimum atomic E-state index is -4.31. The number of nitrogens with one attached hydrogen (secondary N) is 1. The van der Waals surface area contributed by atoms with Crippen molar-refractivity contribution in [2.75, 3.05) is 31.0 Å². The smallest absolute Gasteiger partial charge is 0.291 e. The van der Waals surface area contributed by atoms with Crippen molar-refractivity contribution in [1.29, 1.82) is 0 Å². The first kappa shape index (κ1) is 19.3. The second-order valence-electron chi connectivity index (χ2n) is 6.39. The van der Waals surface area contributed by atoms with Gasteiger partial charge in [0, 0.05) is 18.5 Å². The summed E-state index contributed by atoms with van der Waals surface area (Å²) < 4.78 is 65.4. The predicted octanol–water partition coefficient (Wildman–Crippen LogP) is 2.98. The zero-order valence-corrected chi connectivity index (χ0v) is 15.8. The average molecular weight is 422 g/mol. The molecule has 1 amide bonds. The molecule has 10 heteroatoms. The summed E-state index contributed by atoms with van der Waals surface area (Å²) in [4.78, 5) is 14.0. The summed E-state index contributed by atoms with van der Waals surface area (Å²) in [5.74, 6) is -3.14. The number of benzene rings is 2. The fourth-order valence-electron chi connectivity index (χ4n) is 3.04. The second-order valence-corrected chi connectivity index (χ2v) is 8.07. The molecular formula is C19H16F2N2O5S. The molecule has 0 spiro atoms. The molecule has 1 fully saturated rings. The monoisotopic (exact) mass is 422 g/mol. The second kappa shape index (κ2) is 7.45. The fourth-order valence-corrected chi connectivity index (χ4v) is 4.14. The Morgan fingerprint density at radius 2 is 1.76 bits per heavy atom. The zero-order valence-electron chi connectivity index (χ0n) is 15.0. The Kier molecular flexibility index (Phi) is 4.97. The number of rotatable bonds is 4. The lowest BCUT2D eigenvalue weighted by Gasteiger charge is -2.26. The Labute approximate surface area is 164 Å². The molecule has 1 aliphatic heterocycles.